The number of sulfonamides is 1. The summed E-state index contributed by atoms with van der Waals surface area (Å²) in [4.78, 5) is 10.6. The highest BCUT2D eigenvalue weighted by Crippen LogP contribution is 2.27. The minimum Gasteiger partial charge on any atom is -0.480 e. The number of carbonyl (C=O) groups is 1. The van der Waals surface area contributed by atoms with E-state index >= 15 is 0 Å². The van der Waals surface area contributed by atoms with Crippen LogP contribution in [0.2, 0.25) is 0 Å². The highest BCUT2D eigenvalue weighted by Gasteiger charge is 2.44. The monoisotopic (exact) mass is 339 g/mol. The van der Waals surface area contributed by atoms with Crippen molar-refractivity contribution in [3.05, 3.63) is 5.76 Å². The Morgan fingerprint density at radius 3 is 2.62 bits per heavy atom. The number of nitrogens with zero attached hydrogens (tertiary/aromatic N) is 2. The van der Waals surface area contributed by atoms with Gasteiger partial charge in [0, 0.05) is 13.1 Å². The van der Waals surface area contributed by atoms with Crippen LogP contribution in [0.1, 0.15) is 5.76 Å². The molecule has 0 aliphatic carbocycles. The summed E-state index contributed by atoms with van der Waals surface area (Å²) < 4.78 is 53.6. The van der Waals surface area contributed by atoms with E-state index in [0.717, 1.165) is 4.31 Å². The van der Waals surface area contributed by atoms with E-state index in [1.54, 1.807) is 0 Å². The summed E-state index contributed by atoms with van der Waals surface area (Å²) in [6.07, 6.45) is 0. The Morgan fingerprint density at radius 1 is 1.52 bits per heavy atom. The van der Waals surface area contributed by atoms with Crippen molar-refractivity contribution in [1.29, 1.82) is 0 Å². The van der Waals surface area contributed by atoms with Gasteiger partial charge in [-0.05, 0) is 6.92 Å². The zero-order chi connectivity index (χ0) is 16.0. The van der Waals surface area contributed by atoms with E-state index < -0.39 is 43.4 Å². The molecular formula is C9H13N3O7S2. The predicted molar refractivity (Wildman–Crippen MR) is 69.6 cm³/mol. The number of carboxylic acid groups (broad SMARTS) is 1. The zero-order valence-electron chi connectivity index (χ0n) is 10.9. The Hall–Kier alpha value is -1.66. The van der Waals surface area contributed by atoms with Crippen LogP contribution in [0.3, 0.4) is 0 Å². The number of aromatic nitrogens is 1. The predicted octanol–water partition coefficient (Wildman–Crippen LogP) is -1.56. The molecule has 1 aromatic heterocycles. The molecule has 21 heavy (non-hydrogen) atoms. The Bertz CT molecular complexity index is 761. The van der Waals surface area contributed by atoms with Crippen molar-refractivity contribution in [2.45, 2.75) is 17.1 Å². The fourth-order valence-electron chi connectivity index (χ4n) is 2.03. The minimum absolute atomic E-state index is 0.0483. The molecular weight excluding hydrogens is 326 g/mol. The average molecular weight is 339 g/mol. The fraction of sp³-hybridized carbons (Fsp3) is 0.556. The summed E-state index contributed by atoms with van der Waals surface area (Å²) in [7, 11) is -8.05. The van der Waals surface area contributed by atoms with Crippen LogP contribution in [0.4, 0.5) is 5.82 Å². The van der Waals surface area contributed by atoms with Gasteiger partial charge in [-0.3, -0.25) is 4.79 Å². The number of anilines is 1. The lowest BCUT2D eigenvalue weighted by Crippen LogP contribution is -2.52. The maximum Gasteiger partial charge on any atom is 0.323 e. The number of rotatable bonds is 3. The van der Waals surface area contributed by atoms with Crippen molar-refractivity contribution in [1.82, 2.24) is 9.46 Å². The normalized spacial score (nSPS) is 23.0. The van der Waals surface area contributed by atoms with E-state index in [9.17, 15) is 21.6 Å². The number of aryl methyl sites for hydroxylation is 1. The number of nitrogens with two attached hydrogens (primary N) is 1. The molecule has 0 amide bonds. The second-order valence-corrected chi connectivity index (χ2v) is 8.69. The third-order valence-electron chi connectivity index (χ3n) is 3.13. The van der Waals surface area contributed by atoms with Gasteiger partial charge in [-0.25, -0.2) is 16.8 Å². The molecule has 1 aromatic rings. The molecule has 0 radical (unpaired) electrons. The first-order chi connectivity index (χ1) is 9.57. The Kier molecular flexibility index (Phi) is 3.71. The van der Waals surface area contributed by atoms with E-state index in [4.69, 9.17) is 10.8 Å². The van der Waals surface area contributed by atoms with Crippen LogP contribution in [0.5, 0.6) is 0 Å². The smallest absolute Gasteiger partial charge is 0.323 e. The number of sulfone groups is 1. The minimum atomic E-state index is -4.17. The molecule has 1 saturated heterocycles. The maximum atomic E-state index is 12.4. The Balaban J connectivity index is 2.42. The third kappa shape index (κ3) is 2.61. The van der Waals surface area contributed by atoms with Crippen molar-refractivity contribution in [3.8, 4) is 0 Å². The quantitative estimate of drug-likeness (QED) is 0.663. The fourth-order valence-corrected chi connectivity index (χ4v) is 5.36. The van der Waals surface area contributed by atoms with E-state index in [2.05, 4.69) is 9.68 Å². The Morgan fingerprint density at radius 2 is 2.14 bits per heavy atom. The van der Waals surface area contributed by atoms with Gasteiger partial charge in [-0.1, -0.05) is 5.16 Å². The van der Waals surface area contributed by atoms with Gasteiger partial charge in [0.2, 0.25) is 10.0 Å². The summed E-state index contributed by atoms with van der Waals surface area (Å²) in [5.41, 5.74) is 5.44. The number of hydrogen-bond acceptors (Lipinski definition) is 8. The molecule has 1 fully saturated rings. The maximum absolute atomic E-state index is 12.4. The second-order valence-electron chi connectivity index (χ2n) is 4.51. The van der Waals surface area contributed by atoms with Gasteiger partial charge >= 0.3 is 5.97 Å². The summed E-state index contributed by atoms with van der Waals surface area (Å²) >= 11 is 0. The SMILES string of the molecule is Cc1onc(N)c1S(=O)(=O)N1CCS(=O)(=O)C(C(=O)O)C1. The highest BCUT2D eigenvalue weighted by molar-refractivity contribution is 7.93. The van der Waals surface area contributed by atoms with Crippen LogP contribution >= 0.6 is 0 Å². The molecule has 3 N–H and O–H groups in total. The zero-order valence-corrected chi connectivity index (χ0v) is 12.5. The first-order valence-electron chi connectivity index (χ1n) is 5.73. The van der Waals surface area contributed by atoms with Crippen LogP contribution < -0.4 is 5.73 Å². The number of aliphatic carboxylic acids is 1. The molecule has 0 bridgehead atoms. The van der Waals surface area contributed by atoms with Crippen LogP contribution in [0.25, 0.3) is 0 Å². The Labute approximate surface area is 120 Å². The van der Waals surface area contributed by atoms with Gasteiger partial charge < -0.3 is 15.4 Å². The van der Waals surface area contributed by atoms with Gasteiger partial charge in [-0.15, -0.1) is 0 Å². The lowest BCUT2D eigenvalue weighted by Gasteiger charge is -2.29. The van der Waals surface area contributed by atoms with Crippen molar-refractivity contribution >= 4 is 31.6 Å². The summed E-state index contributed by atoms with van der Waals surface area (Å²) in [6.45, 7) is 0.314. The van der Waals surface area contributed by atoms with E-state index in [1.807, 2.05) is 0 Å². The second kappa shape index (κ2) is 4.96. The third-order valence-corrected chi connectivity index (χ3v) is 7.13. The van der Waals surface area contributed by atoms with Crippen molar-refractivity contribution in [2.24, 2.45) is 0 Å². The van der Waals surface area contributed by atoms with Gasteiger partial charge in [0.25, 0.3) is 0 Å². The number of hydrogen-bond donors (Lipinski definition) is 2. The first kappa shape index (κ1) is 15.7. The topological polar surface area (TPSA) is 161 Å². The van der Waals surface area contributed by atoms with Crippen molar-refractivity contribution < 1.29 is 31.3 Å². The summed E-state index contributed by atoms with van der Waals surface area (Å²) in [5, 5.41) is 10.5. The standard InChI is InChI=1S/C9H13N3O7S2/c1-5-7(8(10)11-19-5)21(17,18)12-2-3-20(15,16)6(4-12)9(13)14/h6H,2-4H2,1H3,(H2,10,11)(H,13,14). The van der Waals surface area contributed by atoms with E-state index in [-0.39, 0.29) is 23.0 Å². The highest BCUT2D eigenvalue weighted by atomic mass is 32.2. The van der Waals surface area contributed by atoms with Gasteiger partial charge in [-0.2, -0.15) is 4.31 Å². The molecule has 0 spiro atoms. The number of carboxylic acids is 1. The molecule has 1 aliphatic rings. The van der Waals surface area contributed by atoms with Crippen molar-refractivity contribution in [3.63, 3.8) is 0 Å². The lowest BCUT2D eigenvalue weighted by atomic mass is 10.4. The lowest BCUT2D eigenvalue weighted by molar-refractivity contribution is -0.136. The summed E-state index contributed by atoms with van der Waals surface area (Å²) in [6, 6.07) is 0. The molecule has 1 unspecified atom stereocenters. The van der Waals surface area contributed by atoms with Crippen LogP contribution in [0.15, 0.2) is 9.42 Å². The molecule has 0 saturated carbocycles. The molecule has 118 valence electrons. The molecule has 1 aliphatic heterocycles. The van der Waals surface area contributed by atoms with E-state index in [1.165, 1.54) is 6.92 Å². The first-order valence-corrected chi connectivity index (χ1v) is 8.89. The van der Waals surface area contributed by atoms with Crippen LogP contribution in [-0.2, 0) is 24.7 Å². The molecule has 12 heteroatoms. The largest absolute Gasteiger partial charge is 0.480 e. The van der Waals surface area contributed by atoms with Gasteiger partial charge in [0.05, 0.1) is 5.75 Å². The molecule has 2 rings (SSSR count). The van der Waals surface area contributed by atoms with Gasteiger partial charge in [0.15, 0.2) is 31.6 Å². The summed E-state index contributed by atoms with van der Waals surface area (Å²) in [5.74, 6) is -2.57. The average Bonchev–Trinajstić information content (AvgIpc) is 2.68. The van der Waals surface area contributed by atoms with E-state index in [0.29, 0.717) is 0 Å². The molecule has 2 heterocycles. The van der Waals surface area contributed by atoms with Crippen LogP contribution in [0, 0.1) is 6.92 Å². The van der Waals surface area contributed by atoms with Gasteiger partial charge in [0.1, 0.15) is 0 Å². The number of nitrogen functional groups attached to an aromatic ring is 1. The molecule has 0 aromatic carbocycles. The van der Waals surface area contributed by atoms with Crippen LogP contribution in [-0.4, -0.2) is 61.5 Å². The molecule has 1 atom stereocenters. The molecule has 10 nitrogen and oxygen atoms in total. The van der Waals surface area contributed by atoms with Crippen molar-refractivity contribution in [2.75, 3.05) is 24.6 Å².